The number of aliphatic hydroxyl groups is 1. The average Bonchev–Trinajstić information content (AvgIpc) is 3.42. The van der Waals surface area contributed by atoms with E-state index in [4.69, 9.17) is 26.1 Å². The number of hydrogen-bond acceptors (Lipinski definition) is 5. The number of H-pyrrole nitrogens is 1. The van der Waals surface area contributed by atoms with E-state index in [0.29, 0.717) is 46.2 Å². The van der Waals surface area contributed by atoms with Crippen LogP contribution in [0.25, 0.3) is 33.4 Å². The number of ether oxygens (including phenoxy) is 2. The van der Waals surface area contributed by atoms with E-state index in [-0.39, 0.29) is 18.8 Å². The molecule has 2 N–H and O–H groups in total. The Morgan fingerprint density at radius 3 is 2.53 bits per heavy atom. The number of aliphatic hydroxyl groups excluding tert-OH is 1. The monoisotopic (exact) mass is 445 g/mol. The first kappa shape index (κ1) is 20.5. The van der Waals surface area contributed by atoms with Crippen molar-refractivity contribution >= 4 is 22.6 Å². The van der Waals surface area contributed by atoms with Crippen LogP contribution in [0, 0.1) is 11.3 Å². The second-order valence-electron chi connectivity index (χ2n) is 7.71. The van der Waals surface area contributed by atoms with Crippen molar-refractivity contribution in [2.75, 3.05) is 13.2 Å². The molecule has 7 heteroatoms. The minimum Gasteiger partial charge on any atom is -0.472 e. The first-order chi connectivity index (χ1) is 15.7. The summed E-state index contributed by atoms with van der Waals surface area (Å²) in [5.74, 6) is 0.342. The van der Waals surface area contributed by atoms with Crippen LogP contribution in [-0.4, -0.2) is 40.5 Å². The highest BCUT2D eigenvalue weighted by Crippen LogP contribution is 2.35. The van der Waals surface area contributed by atoms with Crippen LogP contribution < -0.4 is 4.74 Å². The van der Waals surface area contributed by atoms with Gasteiger partial charge < -0.3 is 19.6 Å². The van der Waals surface area contributed by atoms with Crippen LogP contribution >= 0.6 is 11.6 Å². The van der Waals surface area contributed by atoms with Gasteiger partial charge in [0.25, 0.3) is 0 Å². The van der Waals surface area contributed by atoms with Gasteiger partial charge in [-0.3, -0.25) is 0 Å². The lowest BCUT2D eigenvalue weighted by Gasteiger charge is -2.10. The summed E-state index contributed by atoms with van der Waals surface area (Å²) in [7, 11) is 0. The minimum atomic E-state index is -0.243. The van der Waals surface area contributed by atoms with Gasteiger partial charge in [0.1, 0.15) is 23.3 Å². The molecule has 0 aliphatic carbocycles. The molecule has 2 aromatic heterocycles. The quantitative estimate of drug-likeness (QED) is 0.453. The smallest absolute Gasteiger partial charge is 0.212 e. The molecule has 0 bridgehead atoms. The molecule has 1 aliphatic heterocycles. The molecule has 0 saturated carbocycles. The highest BCUT2D eigenvalue weighted by atomic mass is 35.5. The maximum Gasteiger partial charge on any atom is 0.212 e. The first-order valence-electron chi connectivity index (χ1n) is 10.3. The summed E-state index contributed by atoms with van der Waals surface area (Å²) < 4.78 is 11.4. The SMILES string of the molecule is N#Cc1c(O[C@@H]2CO[C@H](CO)C2)[nH]c2cc(Cl)c(-c3ccc(-c4ccccc4)cc3)nc12. The largest absolute Gasteiger partial charge is 0.472 e. The molecule has 160 valence electrons. The molecule has 32 heavy (non-hydrogen) atoms. The molecule has 0 amide bonds. The van der Waals surface area contributed by atoms with Crippen molar-refractivity contribution < 1.29 is 14.6 Å². The molecule has 4 aromatic rings. The number of pyridine rings is 1. The number of nitriles is 1. The number of aromatic nitrogens is 2. The zero-order valence-electron chi connectivity index (χ0n) is 17.1. The van der Waals surface area contributed by atoms with Crippen molar-refractivity contribution in [3.8, 4) is 34.3 Å². The fourth-order valence-corrected chi connectivity index (χ4v) is 4.22. The van der Waals surface area contributed by atoms with Gasteiger partial charge in [-0.15, -0.1) is 0 Å². The zero-order chi connectivity index (χ0) is 22.1. The lowest BCUT2D eigenvalue weighted by atomic mass is 10.0. The van der Waals surface area contributed by atoms with Crippen LogP contribution in [0.15, 0.2) is 60.7 Å². The van der Waals surface area contributed by atoms with Crippen LogP contribution in [0.4, 0.5) is 0 Å². The summed E-state index contributed by atoms with van der Waals surface area (Å²) in [6, 6.07) is 22.1. The maximum atomic E-state index is 9.78. The maximum absolute atomic E-state index is 9.78. The fourth-order valence-electron chi connectivity index (χ4n) is 3.96. The van der Waals surface area contributed by atoms with Gasteiger partial charge >= 0.3 is 0 Å². The lowest BCUT2D eigenvalue weighted by Crippen LogP contribution is -2.18. The molecular formula is C25H20ClN3O3. The summed E-state index contributed by atoms with van der Waals surface area (Å²) in [6.45, 7) is 0.305. The average molecular weight is 446 g/mol. The van der Waals surface area contributed by atoms with Crippen molar-refractivity contribution in [1.29, 1.82) is 5.26 Å². The van der Waals surface area contributed by atoms with E-state index >= 15 is 0 Å². The Morgan fingerprint density at radius 2 is 1.84 bits per heavy atom. The van der Waals surface area contributed by atoms with Crippen LogP contribution in [0.5, 0.6) is 5.88 Å². The van der Waals surface area contributed by atoms with Gasteiger partial charge in [0.15, 0.2) is 0 Å². The van der Waals surface area contributed by atoms with Gasteiger partial charge in [-0.05, 0) is 17.2 Å². The van der Waals surface area contributed by atoms with E-state index in [1.165, 1.54) is 0 Å². The Labute approximate surface area is 190 Å². The number of nitrogens with one attached hydrogen (secondary N) is 1. The third-order valence-corrected chi connectivity index (χ3v) is 5.89. The third kappa shape index (κ3) is 3.82. The third-order valence-electron chi connectivity index (χ3n) is 5.60. The number of hydrogen-bond donors (Lipinski definition) is 2. The predicted molar refractivity (Wildman–Crippen MR) is 123 cm³/mol. The van der Waals surface area contributed by atoms with Crippen LogP contribution in [-0.2, 0) is 4.74 Å². The normalized spacial score (nSPS) is 18.0. The van der Waals surface area contributed by atoms with Crippen molar-refractivity contribution in [3.05, 3.63) is 71.2 Å². The standard InChI is InChI=1S/C25H20ClN3O3/c26-21-11-22-24(20(12-27)25(28-22)32-19-10-18(13-30)31-14-19)29-23(21)17-8-6-16(7-9-17)15-4-2-1-3-5-15/h1-9,11,18-19,28,30H,10,13-14H2/t18-,19-/m0/s1. The highest BCUT2D eigenvalue weighted by molar-refractivity contribution is 6.33. The number of benzene rings is 2. The van der Waals surface area contributed by atoms with Crippen molar-refractivity contribution in [2.45, 2.75) is 18.6 Å². The first-order valence-corrected chi connectivity index (χ1v) is 10.7. The molecular weight excluding hydrogens is 426 g/mol. The molecule has 3 heterocycles. The van der Waals surface area contributed by atoms with Crippen LogP contribution in [0.1, 0.15) is 12.0 Å². The lowest BCUT2D eigenvalue weighted by molar-refractivity contribution is 0.0531. The Kier molecular flexibility index (Phi) is 5.54. The number of halogens is 1. The van der Waals surface area contributed by atoms with Crippen LogP contribution in [0.2, 0.25) is 5.02 Å². The molecule has 0 unspecified atom stereocenters. The summed E-state index contributed by atoms with van der Waals surface area (Å²) >= 11 is 6.55. The Hall–Kier alpha value is -3.37. The zero-order valence-corrected chi connectivity index (χ0v) is 17.8. The van der Waals surface area contributed by atoms with Gasteiger partial charge in [-0.1, -0.05) is 66.2 Å². The fraction of sp³-hybridized carbons (Fsp3) is 0.200. The second-order valence-corrected chi connectivity index (χ2v) is 8.12. The number of fused-ring (bicyclic) bond motifs is 1. The van der Waals surface area contributed by atoms with E-state index in [9.17, 15) is 10.4 Å². The van der Waals surface area contributed by atoms with Gasteiger partial charge in [-0.2, -0.15) is 5.26 Å². The molecule has 0 spiro atoms. The van der Waals surface area contributed by atoms with Crippen molar-refractivity contribution in [1.82, 2.24) is 9.97 Å². The number of aromatic amines is 1. The summed E-state index contributed by atoms with van der Waals surface area (Å²) in [5, 5.41) is 19.5. The van der Waals surface area contributed by atoms with Crippen molar-refractivity contribution in [3.63, 3.8) is 0 Å². The van der Waals surface area contributed by atoms with Gasteiger partial charge in [0.2, 0.25) is 5.88 Å². The molecule has 1 aliphatic rings. The van der Waals surface area contributed by atoms with E-state index in [2.05, 4.69) is 23.2 Å². The molecule has 6 nitrogen and oxygen atoms in total. The molecule has 0 radical (unpaired) electrons. The Morgan fingerprint density at radius 1 is 1.12 bits per heavy atom. The summed E-state index contributed by atoms with van der Waals surface area (Å²) in [6.07, 6.45) is 0.0740. The van der Waals surface area contributed by atoms with Gasteiger partial charge in [0.05, 0.1) is 35.6 Å². The predicted octanol–water partition coefficient (Wildman–Crippen LogP) is 4.95. The molecule has 1 fully saturated rings. The molecule has 1 saturated heterocycles. The molecule has 5 rings (SSSR count). The molecule has 2 aromatic carbocycles. The summed E-state index contributed by atoms with van der Waals surface area (Å²) in [4.78, 5) is 7.82. The Balaban J connectivity index is 1.48. The van der Waals surface area contributed by atoms with Gasteiger partial charge in [-0.25, -0.2) is 4.98 Å². The van der Waals surface area contributed by atoms with Crippen LogP contribution in [0.3, 0.4) is 0 Å². The number of rotatable bonds is 5. The topological polar surface area (TPSA) is 91.2 Å². The van der Waals surface area contributed by atoms with Gasteiger partial charge in [0, 0.05) is 12.0 Å². The highest BCUT2D eigenvalue weighted by Gasteiger charge is 2.28. The van der Waals surface area contributed by atoms with E-state index in [0.717, 1.165) is 16.7 Å². The Bertz CT molecular complexity index is 1300. The van der Waals surface area contributed by atoms with E-state index in [1.54, 1.807) is 6.07 Å². The minimum absolute atomic E-state index is 0.0543. The van der Waals surface area contributed by atoms with E-state index < -0.39 is 0 Å². The summed E-state index contributed by atoms with van der Waals surface area (Å²) in [5.41, 5.74) is 5.15. The second kappa shape index (κ2) is 8.64. The van der Waals surface area contributed by atoms with E-state index in [1.807, 2.05) is 42.5 Å². The molecule has 2 atom stereocenters. The van der Waals surface area contributed by atoms with Crippen molar-refractivity contribution in [2.24, 2.45) is 0 Å². The number of nitrogens with zero attached hydrogens (tertiary/aromatic N) is 2.